The largest absolute Gasteiger partial charge is 0.356 e. The Bertz CT molecular complexity index is 357. The SMILES string of the molecule is CCCN(CCC)c1nc(C)cc(C)c1CCl. The molecule has 0 atom stereocenters. The third-order valence-corrected chi connectivity index (χ3v) is 3.14. The molecule has 1 aromatic rings. The molecule has 0 aliphatic rings. The van der Waals surface area contributed by atoms with Crippen molar-refractivity contribution in [1.29, 1.82) is 0 Å². The summed E-state index contributed by atoms with van der Waals surface area (Å²) in [6, 6.07) is 2.11. The summed E-state index contributed by atoms with van der Waals surface area (Å²) in [6.07, 6.45) is 2.27. The van der Waals surface area contributed by atoms with Crippen LogP contribution < -0.4 is 4.90 Å². The fourth-order valence-electron chi connectivity index (χ4n) is 2.13. The highest BCUT2D eigenvalue weighted by Gasteiger charge is 2.13. The van der Waals surface area contributed by atoms with Crippen molar-refractivity contribution < 1.29 is 0 Å². The summed E-state index contributed by atoms with van der Waals surface area (Å²) in [7, 11) is 0. The quantitative estimate of drug-likeness (QED) is 0.712. The Balaban J connectivity index is 3.15. The van der Waals surface area contributed by atoms with Crippen LogP contribution in [0, 0.1) is 13.8 Å². The van der Waals surface area contributed by atoms with Crippen LogP contribution in [0.3, 0.4) is 0 Å². The molecule has 0 N–H and O–H groups in total. The topological polar surface area (TPSA) is 16.1 Å². The number of anilines is 1. The monoisotopic (exact) mass is 254 g/mol. The van der Waals surface area contributed by atoms with Crippen molar-refractivity contribution in [2.75, 3.05) is 18.0 Å². The van der Waals surface area contributed by atoms with Gasteiger partial charge >= 0.3 is 0 Å². The molecule has 1 heterocycles. The predicted octanol–water partition coefficient (Wildman–Crippen LogP) is 4.06. The molecule has 0 aliphatic heterocycles. The number of alkyl halides is 1. The van der Waals surface area contributed by atoms with Crippen LogP contribution in [0.4, 0.5) is 5.82 Å². The molecule has 0 spiro atoms. The van der Waals surface area contributed by atoms with Gasteiger partial charge in [0, 0.05) is 24.3 Å². The third kappa shape index (κ3) is 3.60. The van der Waals surface area contributed by atoms with Gasteiger partial charge in [0.05, 0.1) is 5.88 Å². The lowest BCUT2D eigenvalue weighted by molar-refractivity contribution is 0.728. The molecule has 0 aliphatic carbocycles. The summed E-state index contributed by atoms with van der Waals surface area (Å²) in [5.74, 6) is 1.62. The Morgan fingerprint density at radius 2 is 1.76 bits per heavy atom. The van der Waals surface area contributed by atoms with E-state index < -0.39 is 0 Å². The Kier molecular flexibility index (Phi) is 5.76. The molecule has 1 aromatic heterocycles. The van der Waals surface area contributed by atoms with Crippen LogP contribution in [-0.4, -0.2) is 18.1 Å². The van der Waals surface area contributed by atoms with Gasteiger partial charge in [-0.1, -0.05) is 13.8 Å². The first-order valence-corrected chi connectivity index (χ1v) is 6.95. The lowest BCUT2D eigenvalue weighted by Crippen LogP contribution is -2.27. The van der Waals surface area contributed by atoms with Gasteiger partial charge in [-0.05, 0) is 38.3 Å². The predicted molar refractivity (Wildman–Crippen MR) is 76.1 cm³/mol. The highest BCUT2D eigenvalue weighted by molar-refractivity contribution is 6.17. The molecule has 0 unspecified atom stereocenters. The zero-order valence-electron chi connectivity index (χ0n) is 11.4. The molecule has 0 fully saturated rings. The van der Waals surface area contributed by atoms with Gasteiger partial charge in [-0.2, -0.15) is 0 Å². The molecular weight excluding hydrogens is 232 g/mol. The van der Waals surface area contributed by atoms with E-state index in [-0.39, 0.29) is 0 Å². The summed E-state index contributed by atoms with van der Waals surface area (Å²) in [5, 5.41) is 0. The number of nitrogens with zero attached hydrogens (tertiary/aromatic N) is 2. The maximum absolute atomic E-state index is 6.07. The summed E-state index contributed by atoms with van der Waals surface area (Å²) in [4.78, 5) is 7.04. The Morgan fingerprint density at radius 3 is 2.24 bits per heavy atom. The summed E-state index contributed by atoms with van der Waals surface area (Å²) < 4.78 is 0. The van der Waals surface area contributed by atoms with Crippen LogP contribution in [0.15, 0.2) is 6.07 Å². The van der Waals surface area contributed by atoms with Crippen molar-refractivity contribution in [1.82, 2.24) is 4.98 Å². The van der Waals surface area contributed by atoms with Crippen molar-refractivity contribution in [3.05, 3.63) is 22.9 Å². The van der Waals surface area contributed by atoms with Crippen LogP contribution in [0.1, 0.15) is 43.5 Å². The smallest absolute Gasteiger partial charge is 0.133 e. The molecule has 2 nitrogen and oxygen atoms in total. The van der Waals surface area contributed by atoms with Crippen molar-refractivity contribution in [3.63, 3.8) is 0 Å². The zero-order chi connectivity index (χ0) is 12.8. The number of pyridine rings is 1. The molecule has 0 saturated carbocycles. The lowest BCUT2D eigenvalue weighted by atomic mass is 10.1. The molecule has 0 radical (unpaired) electrons. The highest BCUT2D eigenvalue weighted by atomic mass is 35.5. The van der Waals surface area contributed by atoms with E-state index in [0.717, 1.165) is 37.4 Å². The maximum atomic E-state index is 6.07. The average molecular weight is 255 g/mol. The zero-order valence-corrected chi connectivity index (χ0v) is 12.1. The Morgan fingerprint density at radius 1 is 1.18 bits per heavy atom. The van der Waals surface area contributed by atoms with Crippen molar-refractivity contribution in [3.8, 4) is 0 Å². The maximum Gasteiger partial charge on any atom is 0.133 e. The minimum atomic E-state index is 0.540. The summed E-state index contributed by atoms with van der Waals surface area (Å²) in [6.45, 7) is 10.7. The van der Waals surface area contributed by atoms with E-state index in [1.165, 1.54) is 11.1 Å². The Labute approximate surface area is 110 Å². The van der Waals surface area contributed by atoms with Crippen LogP contribution in [0.2, 0.25) is 0 Å². The highest BCUT2D eigenvalue weighted by Crippen LogP contribution is 2.24. The van der Waals surface area contributed by atoms with Gasteiger partial charge in [0.15, 0.2) is 0 Å². The molecule has 0 aromatic carbocycles. The first-order chi connectivity index (χ1) is 8.13. The van der Waals surface area contributed by atoms with Crippen LogP contribution in [0.5, 0.6) is 0 Å². The van der Waals surface area contributed by atoms with Gasteiger partial charge in [-0.15, -0.1) is 11.6 Å². The van der Waals surface area contributed by atoms with E-state index in [0.29, 0.717) is 5.88 Å². The fourth-order valence-corrected chi connectivity index (χ4v) is 2.46. The number of aromatic nitrogens is 1. The first-order valence-electron chi connectivity index (χ1n) is 6.42. The van der Waals surface area contributed by atoms with E-state index in [1.807, 2.05) is 6.92 Å². The number of aryl methyl sites for hydroxylation is 2. The number of halogens is 1. The molecule has 0 amide bonds. The van der Waals surface area contributed by atoms with Crippen LogP contribution in [-0.2, 0) is 5.88 Å². The second-order valence-corrected chi connectivity index (χ2v) is 4.77. The van der Waals surface area contributed by atoms with Crippen LogP contribution >= 0.6 is 11.6 Å². The van der Waals surface area contributed by atoms with Gasteiger partial charge in [0.2, 0.25) is 0 Å². The number of hydrogen-bond donors (Lipinski definition) is 0. The van der Waals surface area contributed by atoms with Crippen molar-refractivity contribution >= 4 is 17.4 Å². The average Bonchev–Trinajstić information content (AvgIpc) is 2.28. The molecule has 96 valence electrons. The molecular formula is C14H23ClN2. The summed E-state index contributed by atoms with van der Waals surface area (Å²) in [5.41, 5.74) is 3.50. The molecule has 17 heavy (non-hydrogen) atoms. The first kappa shape index (κ1) is 14.3. The molecule has 0 bridgehead atoms. The normalized spacial score (nSPS) is 10.6. The molecule has 0 saturated heterocycles. The van der Waals surface area contributed by atoms with E-state index in [1.54, 1.807) is 0 Å². The number of hydrogen-bond acceptors (Lipinski definition) is 2. The van der Waals surface area contributed by atoms with Gasteiger partial charge in [0.25, 0.3) is 0 Å². The van der Waals surface area contributed by atoms with E-state index in [2.05, 4.69) is 36.7 Å². The number of rotatable bonds is 6. The summed E-state index contributed by atoms with van der Waals surface area (Å²) >= 11 is 6.07. The molecule has 3 heteroatoms. The standard InChI is InChI=1S/C14H23ClN2/c1-5-7-17(8-6-2)14-13(10-15)11(3)9-12(4)16-14/h9H,5-8,10H2,1-4H3. The second-order valence-electron chi connectivity index (χ2n) is 4.50. The van der Waals surface area contributed by atoms with Crippen molar-refractivity contribution in [2.45, 2.75) is 46.4 Å². The van der Waals surface area contributed by atoms with Gasteiger partial charge in [0.1, 0.15) is 5.82 Å². The van der Waals surface area contributed by atoms with E-state index in [4.69, 9.17) is 11.6 Å². The van der Waals surface area contributed by atoms with Crippen molar-refractivity contribution in [2.24, 2.45) is 0 Å². The third-order valence-electron chi connectivity index (χ3n) is 2.87. The van der Waals surface area contributed by atoms with Gasteiger partial charge in [-0.25, -0.2) is 4.98 Å². The van der Waals surface area contributed by atoms with E-state index >= 15 is 0 Å². The van der Waals surface area contributed by atoms with Crippen LogP contribution in [0.25, 0.3) is 0 Å². The minimum absolute atomic E-state index is 0.540. The lowest BCUT2D eigenvalue weighted by Gasteiger charge is -2.26. The molecule has 1 rings (SSSR count). The second kappa shape index (κ2) is 6.85. The van der Waals surface area contributed by atoms with E-state index in [9.17, 15) is 0 Å². The Hall–Kier alpha value is -0.760. The van der Waals surface area contributed by atoms with Gasteiger partial charge < -0.3 is 4.90 Å². The van der Waals surface area contributed by atoms with Gasteiger partial charge in [-0.3, -0.25) is 0 Å². The minimum Gasteiger partial charge on any atom is -0.356 e. The fraction of sp³-hybridized carbons (Fsp3) is 0.643.